The average Bonchev–Trinajstić information content (AvgIpc) is 2.62. The number of aliphatic carboxylic acids is 1. The Morgan fingerprint density at radius 2 is 1.62 bits per heavy atom. The van der Waals surface area contributed by atoms with Gasteiger partial charge < -0.3 is 15.2 Å². The zero-order valence-electron chi connectivity index (χ0n) is 14.3. The van der Waals surface area contributed by atoms with Crippen LogP contribution in [0.2, 0.25) is 0 Å². The Balaban J connectivity index is 0.000000257. The molecular weight excluding hydrogens is 302 g/mol. The number of benzene rings is 2. The van der Waals surface area contributed by atoms with Gasteiger partial charge in [0, 0.05) is 6.54 Å². The van der Waals surface area contributed by atoms with Gasteiger partial charge in [0.25, 0.3) is 0 Å². The second-order valence-electron chi connectivity index (χ2n) is 5.33. The van der Waals surface area contributed by atoms with E-state index >= 15 is 0 Å². The molecule has 0 aliphatic carbocycles. The molecule has 0 aliphatic heterocycles. The van der Waals surface area contributed by atoms with Crippen LogP contribution in [-0.2, 0) is 11.4 Å². The minimum Gasteiger partial charge on any atom is -0.489 e. The molecule has 4 nitrogen and oxygen atoms in total. The smallest absolute Gasteiger partial charge is 0.304 e. The van der Waals surface area contributed by atoms with Crippen molar-refractivity contribution in [3.63, 3.8) is 0 Å². The Kier molecular flexibility index (Phi) is 10.8. The summed E-state index contributed by atoms with van der Waals surface area (Å²) in [4.78, 5) is 9.99. The van der Waals surface area contributed by atoms with Gasteiger partial charge in [-0.1, -0.05) is 61.9 Å². The van der Waals surface area contributed by atoms with Crippen LogP contribution in [0.15, 0.2) is 60.7 Å². The highest BCUT2D eigenvalue weighted by Crippen LogP contribution is 2.11. The molecule has 0 bridgehead atoms. The minimum atomic E-state index is -0.732. The Morgan fingerprint density at radius 1 is 1.00 bits per heavy atom. The lowest BCUT2D eigenvalue weighted by atomic mass is 10.2. The molecule has 2 rings (SSSR count). The standard InChI is InChI=1S/C13H12O.C7H15NO2/c1-3-7-12(8-4-1)11-14-13-9-5-2-6-10-13;1-2-3-5-8-6-4-7(9)10/h1-10H,11H2;8H,2-6H2,1H3,(H,9,10). The number of unbranched alkanes of at least 4 members (excludes halogenated alkanes) is 1. The monoisotopic (exact) mass is 329 g/mol. The summed E-state index contributed by atoms with van der Waals surface area (Å²) in [6.07, 6.45) is 2.50. The van der Waals surface area contributed by atoms with Gasteiger partial charge >= 0.3 is 5.97 Å². The zero-order chi connectivity index (χ0) is 17.5. The quantitative estimate of drug-likeness (QED) is 0.680. The van der Waals surface area contributed by atoms with Crippen LogP contribution in [0.1, 0.15) is 31.7 Å². The summed E-state index contributed by atoms with van der Waals surface area (Å²) in [5, 5.41) is 11.3. The van der Waals surface area contributed by atoms with E-state index in [9.17, 15) is 4.79 Å². The van der Waals surface area contributed by atoms with E-state index in [-0.39, 0.29) is 6.42 Å². The molecule has 0 unspecified atom stereocenters. The Labute approximate surface area is 144 Å². The van der Waals surface area contributed by atoms with Gasteiger partial charge in [0.1, 0.15) is 12.4 Å². The molecule has 2 N–H and O–H groups in total. The van der Waals surface area contributed by atoms with E-state index in [0.29, 0.717) is 13.2 Å². The van der Waals surface area contributed by atoms with E-state index < -0.39 is 5.97 Å². The van der Waals surface area contributed by atoms with Gasteiger partial charge in [-0.25, -0.2) is 0 Å². The molecule has 24 heavy (non-hydrogen) atoms. The SMILES string of the molecule is CCCCNCCC(=O)O.c1ccc(COc2ccccc2)cc1. The number of carboxylic acid groups (broad SMARTS) is 1. The lowest BCUT2D eigenvalue weighted by Gasteiger charge is -2.05. The highest BCUT2D eigenvalue weighted by atomic mass is 16.5. The number of carbonyl (C=O) groups is 1. The van der Waals surface area contributed by atoms with Crippen molar-refractivity contribution in [1.82, 2.24) is 5.32 Å². The number of ether oxygens (including phenoxy) is 1. The highest BCUT2D eigenvalue weighted by Gasteiger charge is 1.94. The molecule has 0 heterocycles. The summed E-state index contributed by atoms with van der Waals surface area (Å²) in [6.45, 7) is 4.27. The second-order valence-corrected chi connectivity index (χ2v) is 5.33. The van der Waals surface area contributed by atoms with Gasteiger partial charge in [-0.15, -0.1) is 0 Å². The first-order valence-corrected chi connectivity index (χ1v) is 8.36. The van der Waals surface area contributed by atoms with Crippen LogP contribution in [0.3, 0.4) is 0 Å². The van der Waals surface area contributed by atoms with Gasteiger partial charge in [-0.2, -0.15) is 0 Å². The van der Waals surface area contributed by atoms with Crippen LogP contribution in [-0.4, -0.2) is 24.2 Å². The predicted octanol–water partition coefficient (Wildman–Crippen LogP) is 4.12. The molecule has 0 spiro atoms. The number of hydrogen-bond acceptors (Lipinski definition) is 3. The normalized spacial score (nSPS) is 9.71. The zero-order valence-corrected chi connectivity index (χ0v) is 14.3. The first-order chi connectivity index (χ1) is 11.7. The van der Waals surface area contributed by atoms with Crippen LogP contribution in [0.25, 0.3) is 0 Å². The van der Waals surface area contributed by atoms with Gasteiger partial charge in [0.2, 0.25) is 0 Å². The molecule has 2 aromatic carbocycles. The summed E-state index contributed by atoms with van der Waals surface area (Å²) in [6, 6.07) is 20.0. The van der Waals surface area contributed by atoms with Gasteiger partial charge in [-0.3, -0.25) is 4.79 Å². The van der Waals surface area contributed by atoms with Crippen molar-refractivity contribution in [3.05, 3.63) is 66.2 Å². The third kappa shape index (κ3) is 10.4. The average molecular weight is 329 g/mol. The van der Waals surface area contributed by atoms with Crippen molar-refractivity contribution in [2.45, 2.75) is 32.8 Å². The number of hydrogen-bond donors (Lipinski definition) is 2. The topological polar surface area (TPSA) is 58.6 Å². The van der Waals surface area contributed by atoms with Gasteiger partial charge in [-0.05, 0) is 30.7 Å². The maximum absolute atomic E-state index is 9.99. The van der Waals surface area contributed by atoms with E-state index in [1.807, 2.05) is 48.5 Å². The summed E-state index contributed by atoms with van der Waals surface area (Å²) in [7, 11) is 0. The Morgan fingerprint density at radius 3 is 2.21 bits per heavy atom. The first-order valence-electron chi connectivity index (χ1n) is 8.36. The maximum atomic E-state index is 9.99. The number of nitrogens with one attached hydrogen (secondary N) is 1. The summed E-state index contributed by atoms with van der Waals surface area (Å²) >= 11 is 0. The van der Waals surface area contributed by atoms with E-state index in [1.165, 1.54) is 5.56 Å². The Hall–Kier alpha value is -2.33. The Bertz CT molecular complexity index is 504. The molecule has 0 saturated heterocycles. The fourth-order valence-electron chi connectivity index (χ4n) is 1.88. The molecular formula is C20H27NO3. The number of para-hydroxylation sites is 1. The molecule has 0 aliphatic rings. The summed E-state index contributed by atoms with van der Waals surface area (Å²) in [5.74, 6) is 0.181. The van der Waals surface area contributed by atoms with Crippen LogP contribution in [0, 0.1) is 0 Å². The molecule has 130 valence electrons. The molecule has 0 radical (unpaired) electrons. The summed E-state index contributed by atoms with van der Waals surface area (Å²) in [5.41, 5.74) is 1.19. The lowest BCUT2D eigenvalue weighted by Crippen LogP contribution is -2.18. The third-order valence-electron chi connectivity index (χ3n) is 3.21. The molecule has 4 heteroatoms. The van der Waals surface area contributed by atoms with E-state index in [2.05, 4.69) is 24.4 Å². The third-order valence-corrected chi connectivity index (χ3v) is 3.21. The molecule has 2 aromatic rings. The minimum absolute atomic E-state index is 0.226. The van der Waals surface area contributed by atoms with E-state index in [4.69, 9.17) is 9.84 Å². The molecule has 0 atom stereocenters. The van der Waals surface area contributed by atoms with Crippen molar-refractivity contribution < 1.29 is 14.6 Å². The van der Waals surface area contributed by atoms with Gasteiger partial charge in [0.05, 0.1) is 6.42 Å². The molecule has 0 amide bonds. The number of carboxylic acids is 1. The van der Waals surface area contributed by atoms with Crippen molar-refractivity contribution in [2.24, 2.45) is 0 Å². The first kappa shape index (κ1) is 19.7. The lowest BCUT2D eigenvalue weighted by molar-refractivity contribution is -0.136. The van der Waals surface area contributed by atoms with Crippen LogP contribution >= 0.6 is 0 Å². The summed E-state index contributed by atoms with van der Waals surface area (Å²) < 4.78 is 5.59. The van der Waals surface area contributed by atoms with Crippen LogP contribution < -0.4 is 10.1 Å². The van der Waals surface area contributed by atoms with Crippen molar-refractivity contribution in [3.8, 4) is 5.75 Å². The van der Waals surface area contributed by atoms with Crippen molar-refractivity contribution in [1.29, 1.82) is 0 Å². The number of rotatable bonds is 9. The van der Waals surface area contributed by atoms with Crippen LogP contribution in [0.4, 0.5) is 0 Å². The molecule has 0 aromatic heterocycles. The fraction of sp³-hybridized carbons (Fsp3) is 0.350. The maximum Gasteiger partial charge on any atom is 0.304 e. The van der Waals surface area contributed by atoms with Crippen molar-refractivity contribution in [2.75, 3.05) is 13.1 Å². The highest BCUT2D eigenvalue weighted by molar-refractivity contribution is 5.66. The predicted molar refractivity (Wildman–Crippen MR) is 97.2 cm³/mol. The second kappa shape index (κ2) is 13.1. The fourth-order valence-corrected chi connectivity index (χ4v) is 1.88. The largest absolute Gasteiger partial charge is 0.489 e. The van der Waals surface area contributed by atoms with Crippen molar-refractivity contribution >= 4 is 5.97 Å². The molecule has 0 saturated carbocycles. The van der Waals surface area contributed by atoms with Crippen LogP contribution in [0.5, 0.6) is 5.75 Å². The van der Waals surface area contributed by atoms with E-state index in [1.54, 1.807) is 0 Å². The van der Waals surface area contributed by atoms with E-state index in [0.717, 1.165) is 25.1 Å². The van der Waals surface area contributed by atoms with Gasteiger partial charge in [0.15, 0.2) is 0 Å². The molecule has 0 fully saturated rings.